The van der Waals surface area contributed by atoms with Crippen LogP contribution in [-0.4, -0.2) is 41.6 Å². The molecule has 0 bridgehead atoms. The minimum atomic E-state index is -3.37. The third kappa shape index (κ3) is 4.97. The standard InChI is InChI=1S/C22H29NO4SSi/c1-22(2,3)18(19-20(24)23-21(19)28(4,25)26)15-27-29(16-11-7-5-8-12-16)17-13-9-6-10-14-17/h5-14,18-19,21,29H,15H2,1-4H3,(H,23,24). The van der Waals surface area contributed by atoms with Crippen molar-refractivity contribution in [3.63, 3.8) is 0 Å². The molecule has 0 saturated carbocycles. The van der Waals surface area contributed by atoms with Crippen LogP contribution in [0.15, 0.2) is 60.7 Å². The van der Waals surface area contributed by atoms with Gasteiger partial charge in [-0.3, -0.25) is 4.79 Å². The van der Waals surface area contributed by atoms with Gasteiger partial charge in [0.1, 0.15) is 5.37 Å². The molecule has 0 radical (unpaired) electrons. The van der Waals surface area contributed by atoms with Crippen molar-refractivity contribution in [1.29, 1.82) is 0 Å². The van der Waals surface area contributed by atoms with Crippen molar-refractivity contribution in [2.75, 3.05) is 12.9 Å². The van der Waals surface area contributed by atoms with Gasteiger partial charge in [-0.2, -0.15) is 0 Å². The number of β-lactam (4-membered cyclic amide) rings is 1. The predicted octanol–water partition coefficient (Wildman–Crippen LogP) is 1.32. The monoisotopic (exact) mass is 431 g/mol. The lowest BCUT2D eigenvalue weighted by Gasteiger charge is -2.45. The number of rotatable bonds is 7. The number of hydrogen-bond acceptors (Lipinski definition) is 4. The van der Waals surface area contributed by atoms with Crippen molar-refractivity contribution in [1.82, 2.24) is 5.32 Å². The van der Waals surface area contributed by atoms with Gasteiger partial charge in [-0.25, -0.2) is 8.42 Å². The van der Waals surface area contributed by atoms with E-state index < -0.39 is 30.2 Å². The van der Waals surface area contributed by atoms with Crippen molar-refractivity contribution in [3.8, 4) is 0 Å². The molecular formula is C22H29NO4SSi. The summed E-state index contributed by atoms with van der Waals surface area (Å²) in [6.45, 7) is 6.45. The van der Waals surface area contributed by atoms with E-state index in [1.165, 1.54) is 6.26 Å². The van der Waals surface area contributed by atoms with Gasteiger partial charge < -0.3 is 9.74 Å². The van der Waals surface area contributed by atoms with Crippen LogP contribution in [0.2, 0.25) is 0 Å². The van der Waals surface area contributed by atoms with Gasteiger partial charge in [0.2, 0.25) is 14.9 Å². The molecular weight excluding hydrogens is 402 g/mol. The van der Waals surface area contributed by atoms with Crippen molar-refractivity contribution >= 4 is 35.2 Å². The number of carbonyl (C=O) groups excluding carboxylic acids is 1. The molecule has 0 aromatic heterocycles. The Morgan fingerprint density at radius 2 is 1.48 bits per heavy atom. The average molecular weight is 432 g/mol. The Labute approximate surface area is 175 Å². The van der Waals surface area contributed by atoms with E-state index in [-0.39, 0.29) is 17.2 Å². The molecule has 3 atom stereocenters. The van der Waals surface area contributed by atoms with Crippen molar-refractivity contribution in [3.05, 3.63) is 60.7 Å². The summed E-state index contributed by atoms with van der Waals surface area (Å²) in [7, 11) is -5.34. The van der Waals surface area contributed by atoms with E-state index >= 15 is 0 Å². The number of hydrogen-bond donors (Lipinski definition) is 1. The SMILES string of the molecule is CC(C)(C)C(CO[SiH](c1ccccc1)c1ccccc1)C1C(=O)NC1S(C)(=O)=O. The minimum absolute atomic E-state index is 0.207. The zero-order valence-corrected chi connectivity index (χ0v) is 19.3. The van der Waals surface area contributed by atoms with Gasteiger partial charge in [-0.1, -0.05) is 81.4 Å². The normalized spacial score (nSPS) is 20.8. The maximum atomic E-state index is 12.3. The first-order chi connectivity index (χ1) is 13.6. The molecule has 29 heavy (non-hydrogen) atoms. The third-order valence-electron chi connectivity index (χ3n) is 5.57. The highest BCUT2D eigenvalue weighted by molar-refractivity contribution is 7.91. The van der Waals surface area contributed by atoms with Crippen LogP contribution in [-0.2, 0) is 19.1 Å². The Kier molecular flexibility index (Phi) is 6.31. The molecule has 3 unspecified atom stereocenters. The van der Waals surface area contributed by atoms with Crippen LogP contribution in [0.5, 0.6) is 0 Å². The summed E-state index contributed by atoms with van der Waals surface area (Å²) in [5, 5.41) is 4.04. The molecule has 5 nitrogen and oxygen atoms in total. The lowest BCUT2D eigenvalue weighted by molar-refractivity contribution is -0.138. The maximum absolute atomic E-state index is 12.3. The Balaban J connectivity index is 1.88. The molecule has 1 aliphatic heterocycles. The number of sulfone groups is 1. The zero-order chi connectivity index (χ0) is 21.2. The smallest absolute Gasteiger partial charge is 0.239 e. The number of carbonyl (C=O) groups is 1. The van der Waals surface area contributed by atoms with Gasteiger partial charge in [0.15, 0.2) is 9.84 Å². The molecule has 0 spiro atoms. The first-order valence-corrected chi connectivity index (χ1v) is 13.4. The lowest BCUT2D eigenvalue weighted by Crippen LogP contribution is -2.66. The van der Waals surface area contributed by atoms with Crippen LogP contribution in [0.4, 0.5) is 0 Å². The van der Waals surface area contributed by atoms with Gasteiger partial charge in [-0.15, -0.1) is 0 Å². The fourth-order valence-electron chi connectivity index (χ4n) is 3.87. The highest BCUT2D eigenvalue weighted by Crippen LogP contribution is 2.39. The highest BCUT2D eigenvalue weighted by atomic mass is 32.2. The van der Waals surface area contributed by atoms with E-state index in [9.17, 15) is 13.2 Å². The second-order valence-electron chi connectivity index (χ2n) is 8.79. The van der Waals surface area contributed by atoms with E-state index in [1.807, 2.05) is 57.2 Å². The molecule has 0 aliphatic carbocycles. The summed E-state index contributed by atoms with van der Waals surface area (Å²) >= 11 is 0. The fraction of sp³-hybridized carbons (Fsp3) is 0.409. The molecule has 1 aliphatic rings. The molecule has 7 heteroatoms. The first-order valence-electron chi connectivity index (χ1n) is 9.80. The van der Waals surface area contributed by atoms with Crippen molar-refractivity contribution < 1.29 is 17.6 Å². The molecule has 2 aromatic carbocycles. The quantitative estimate of drug-likeness (QED) is 0.530. The highest BCUT2D eigenvalue weighted by Gasteiger charge is 2.52. The van der Waals surface area contributed by atoms with Gasteiger partial charge in [0, 0.05) is 18.8 Å². The third-order valence-corrected chi connectivity index (χ3v) is 9.41. The Hall–Kier alpha value is -1.96. The molecule has 1 saturated heterocycles. The van der Waals surface area contributed by atoms with Crippen LogP contribution in [0.3, 0.4) is 0 Å². The molecule has 3 rings (SSSR count). The average Bonchev–Trinajstić information content (AvgIpc) is 2.65. The van der Waals surface area contributed by atoms with E-state index in [0.29, 0.717) is 6.61 Å². The second-order valence-corrected chi connectivity index (χ2v) is 13.4. The summed E-state index contributed by atoms with van der Waals surface area (Å²) in [6.07, 6.45) is 1.18. The number of nitrogens with one attached hydrogen (secondary N) is 1. The summed E-state index contributed by atoms with van der Waals surface area (Å²) < 4.78 is 30.8. The summed E-state index contributed by atoms with van der Waals surface area (Å²) in [5.41, 5.74) is -0.280. The minimum Gasteiger partial charge on any atom is -0.411 e. The molecule has 1 amide bonds. The molecule has 1 heterocycles. The molecule has 1 fully saturated rings. The Morgan fingerprint density at radius 1 is 1.00 bits per heavy atom. The fourth-order valence-corrected chi connectivity index (χ4v) is 7.36. The van der Waals surface area contributed by atoms with Gasteiger partial charge in [0.05, 0.1) is 5.92 Å². The van der Waals surface area contributed by atoms with E-state index in [0.717, 1.165) is 10.4 Å². The van der Waals surface area contributed by atoms with Gasteiger partial charge in [-0.05, 0) is 15.8 Å². The van der Waals surface area contributed by atoms with E-state index in [2.05, 4.69) is 29.6 Å². The summed E-state index contributed by atoms with van der Waals surface area (Å²) in [4.78, 5) is 12.3. The Bertz CT molecular complexity index is 902. The molecule has 1 N–H and O–H groups in total. The van der Waals surface area contributed by atoms with Crippen LogP contribution >= 0.6 is 0 Å². The predicted molar refractivity (Wildman–Crippen MR) is 118 cm³/mol. The van der Waals surface area contributed by atoms with Crippen molar-refractivity contribution in [2.45, 2.75) is 26.1 Å². The van der Waals surface area contributed by atoms with Crippen LogP contribution in [0, 0.1) is 17.3 Å². The first kappa shape index (κ1) is 21.7. The lowest BCUT2D eigenvalue weighted by atomic mass is 9.71. The summed E-state index contributed by atoms with van der Waals surface area (Å²) in [6, 6.07) is 20.3. The van der Waals surface area contributed by atoms with E-state index in [1.54, 1.807) is 0 Å². The zero-order valence-electron chi connectivity index (χ0n) is 17.3. The van der Waals surface area contributed by atoms with Crippen molar-refractivity contribution in [2.24, 2.45) is 17.3 Å². The maximum Gasteiger partial charge on any atom is 0.239 e. The molecule has 2 aromatic rings. The van der Waals surface area contributed by atoms with Crippen LogP contribution in [0.25, 0.3) is 0 Å². The van der Waals surface area contributed by atoms with Crippen LogP contribution in [0.1, 0.15) is 20.8 Å². The topological polar surface area (TPSA) is 72.5 Å². The second kappa shape index (κ2) is 8.42. The van der Waals surface area contributed by atoms with E-state index in [4.69, 9.17) is 4.43 Å². The van der Waals surface area contributed by atoms with Gasteiger partial charge >= 0.3 is 0 Å². The largest absolute Gasteiger partial charge is 0.411 e. The number of amides is 1. The Morgan fingerprint density at radius 3 is 1.86 bits per heavy atom. The number of benzene rings is 2. The van der Waals surface area contributed by atoms with Crippen LogP contribution < -0.4 is 15.7 Å². The molecule has 156 valence electrons. The van der Waals surface area contributed by atoms with Gasteiger partial charge in [0.25, 0.3) is 0 Å². The summed E-state index contributed by atoms with van der Waals surface area (Å²) in [5.74, 6) is -1.01.